The van der Waals surface area contributed by atoms with Crippen molar-refractivity contribution in [2.45, 2.75) is 39.8 Å². The molecule has 26 heavy (non-hydrogen) atoms. The Labute approximate surface area is 177 Å². The number of guanidine groups is 1. The van der Waals surface area contributed by atoms with Gasteiger partial charge in [-0.2, -0.15) is 0 Å². The minimum absolute atomic E-state index is 0. The monoisotopic (exact) mass is 488 g/mol. The van der Waals surface area contributed by atoms with E-state index in [9.17, 15) is 0 Å². The first-order valence-electron chi connectivity index (χ1n) is 8.78. The van der Waals surface area contributed by atoms with Gasteiger partial charge in [0.2, 0.25) is 0 Å². The molecule has 5 nitrogen and oxygen atoms in total. The lowest BCUT2D eigenvalue weighted by atomic mass is 10.1. The highest BCUT2D eigenvalue weighted by Gasteiger charge is 2.05. The molecule has 144 valence electrons. The van der Waals surface area contributed by atoms with E-state index in [-0.39, 0.29) is 30.1 Å². The van der Waals surface area contributed by atoms with E-state index in [4.69, 9.17) is 4.74 Å². The van der Waals surface area contributed by atoms with Crippen molar-refractivity contribution in [2.24, 2.45) is 4.99 Å². The lowest BCUT2D eigenvalue weighted by Gasteiger charge is -2.14. The number of nitrogens with zero attached hydrogens (tertiary/aromatic N) is 2. The normalized spacial score (nSPS) is 12.3. The van der Waals surface area contributed by atoms with E-state index in [0.29, 0.717) is 6.54 Å². The molecule has 2 aromatic rings. The Bertz CT molecular complexity index is 648. The van der Waals surface area contributed by atoms with Crippen LogP contribution in [0, 0.1) is 6.92 Å². The number of aryl methyl sites for hydroxylation is 1. The molecule has 1 aromatic carbocycles. The second-order valence-corrected chi connectivity index (χ2v) is 6.70. The molecule has 0 fully saturated rings. The molecule has 0 saturated carbocycles. The van der Waals surface area contributed by atoms with Crippen LogP contribution in [0.4, 0.5) is 0 Å². The van der Waals surface area contributed by atoms with Crippen LogP contribution < -0.4 is 10.6 Å². The predicted octanol–water partition coefficient (Wildman–Crippen LogP) is 4.29. The van der Waals surface area contributed by atoms with E-state index in [1.165, 1.54) is 10.4 Å². The molecular weight excluding hydrogens is 459 g/mol. The summed E-state index contributed by atoms with van der Waals surface area (Å²) in [6.45, 7) is 9.23. The minimum atomic E-state index is 0. The van der Waals surface area contributed by atoms with Gasteiger partial charge in [0.1, 0.15) is 0 Å². The summed E-state index contributed by atoms with van der Waals surface area (Å²) in [6, 6.07) is 10.3. The maximum Gasteiger partial charge on any atom is 0.191 e. The van der Waals surface area contributed by atoms with Gasteiger partial charge >= 0.3 is 0 Å². The van der Waals surface area contributed by atoms with Gasteiger partial charge in [-0.1, -0.05) is 30.3 Å². The van der Waals surface area contributed by atoms with Gasteiger partial charge in [-0.3, -0.25) is 0 Å². The molecule has 0 aliphatic heterocycles. The Balaban J connectivity index is 0.00000338. The van der Waals surface area contributed by atoms with Crippen molar-refractivity contribution < 1.29 is 4.74 Å². The van der Waals surface area contributed by atoms with Gasteiger partial charge in [0.25, 0.3) is 0 Å². The highest BCUT2D eigenvalue weighted by Crippen LogP contribution is 2.15. The van der Waals surface area contributed by atoms with Gasteiger partial charge in [0.05, 0.1) is 23.9 Å². The average Bonchev–Trinajstić information content (AvgIpc) is 3.04. The summed E-state index contributed by atoms with van der Waals surface area (Å²) in [4.78, 5) is 10.1. The molecule has 1 atom stereocenters. The Morgan fingerprint density at radius 3 is 2.69 bits per heavy atom. The van der Waals surface area contributed by atoms with E-state index in [1.54, 1.807) is 11.3 Å². The van der Waals surface area contributed by atoms with Crippen molar-refractivity contribution in [3.8, 4) is 0 Å². The molecule has 2 N–H and O–H groups in total. The van der Waals surface area contributed by atoms with Gasteiger partial charge in [0.15, 0.2) is 5.96 Å². The van der Waals surface area contributed by atoms with Gasteiger partial charge in [-0.15, -0.1) is 35.3 Å². The van der Waals surface area contributed by atoms with Crippen molar-refractivity contribution in [2.75, 3.05) is 19.7 Å². The van der Waals surface area contributed by atoms with Crippen LogP contribution in [0.5, 0.6) is 0 Å². The summed E-state index contributed by atoms with van der Waals surface area (Å²) in [7, 11) is 0. The number of ether oxygens (including phenoxy) is 1. The van der Waals surface area contributed by atoms with Crippen molar-refractivity contribution in [3.05, 3.63) is 52.0 Å². The smallest absolute Gasteiger partial charge is 0.191 e. The standard InChI is InChI=1S/C19H28N4OS.HI/c1-4-20-19(22-13-18-15(2)23-14-25-18)21-11-8-12-24-16(3)17-9-6-5-7-10-17;/h5-7,9-10,14,16H,4,8,11-13H2,1-3H3,(H2,20,21,22);1H. The SMILES string of the molecule is CCNC(=NCc1scnc1C)NCCCOC(C)c1ccccc1.I. The average molecular weight is 488 g/mol. The molecule has 0 aliphatic rings. The summed E-state index contributed by atoms with van der Waals surface area (Å²) in [5, 5.41) is 6.63. The first-order chi connectivity index (χ1) is 12.2. The number of hydrogen-bond acceptors (Lipinski definition) is 4. The fourth-order valence-corrected chi connectivity index (χ4v) is 3.03. The number of aliphatic imine (C=N–C) groups is 1. The van der Waals surface area contributed by atoms with Crippen LogP contribution in [-0.4, -0.2) is 30.6 Å². The zero-order valence-corrected chi connectivity index (χ0v) is 18.8. The fourth-order valence-electron chi connectivity index (χ4n) is 2.33. The third-order valence-corrected chi connectivity index (χ3v) is 4.74. The summed E-state index contributed by atoms with van der Waals surface area (Å²) in [5.74, 6) is 0.839. The topological polar surface area (TPSA) is 58.5 Å². The highest BCUT2D eigenvalue weighted by atomic mass is 127. The number of thiazole rings is 1. The minimum Gasteiger partial charge on any atom is -0.374 e. The third-order valence-electron chi connectivity index (χ3n) is 3.82. The first-order valence-corrected chi connectivity index (χ1v) is 9.66. The Hall–Kier alpha value is -1.19. The summed E-state index contributed by atoms with van der Waals surface area (Å²) >= 11 is 1.65. The molecule has 0 bridgehead atoms. The van der Waals surface area contributed by atoms with Crippen molar-refractivity contribution in [3.63, 3.8) is 0 Å². The molecule has 0 saturated heterocycles. The zero-order valence-electron chi connectivity index (χ0n) is 15.7. The van der Waals surface area contributed by atoms with E-state index in [2.05, 4.69) is 46.6 Å². The molecule has 0 spiro atoms. The summed E-state index contributed by atoms with van der Waals surface area (Å²) < 4.78 is 5.90. The number of rotatable bonds is 9. The van der Waals surface area contributed by atoms with E-state index in [0.717, 1.165) is 37.8 Å². The number of benzene rings is 1. The van der Waals surface area contributed by atoms with Crippen LogP contribution in [0.1, 0.15) is 42.5 Å². The molecule has 1 aromatic heterocycles. The van der Waals surface area contributed by atoms with Crippen LogP contribution in [-0.2, 0) is 11.3 Å². The predicted molar refractivity (Wildman–Crippen MR) is 121 cm³/mol. The molecule has 0 amide bonds. The Kier molecular flexibility index (Phi) is 11.5. The number of halogens is 1. The van der Waals surface area contributed by atoms with Crippen LogP contribution >= 0.6 is 35.3 Å². The molecule has 1 unspecified atom stereocenters. The van der Waals surface area contributed by atoms with E-state index in [1.807, 2.05) is 30.6 Å². The van der Waals surface area contributed by atoms with Crippen LogP contribution in [0.2, 0.25) is 0 Å². The summed E-state index contributed by atoms with van der Waals surface area (Å²) in [6.07, 6.45) is 1.05. The molecule has 2 rings (SSSR count). The number of nitrogens with one attached hydrogen (secondary N) is 2. The molecule has 0 aliphatic carbocycles. The third kappa shape index (κ3) is 8.01. The van der Waals surface area contributed by atoms with Crippen LogP contribution in [0.25, 0.3) is 0 Å². The van der Waals surface area contributed by atoms with E-state index < -0.39 is 0 Å². The second kappa shape index (κ2) is 13.1. The largest absolute Gasteiger partial charge is 0.374 e. The van der Waals surface area contributed by atoms with Crippen LogP contribution in [0.15, 0.2) is 40.8 Å². The lowest BCUT2D eigenvalue weighted by molar-refractivity contribution is 0.0646. The van der Waals surface area contributed by atoms with Gasteiger partial charge in [-0.25, -0.2) is 9.98 Å². The second-order valence-electron chi connectivity index (χ2n) is 5.76. The van der Waals surface area contributed by atoms with Gasteiger partial charge in [-0.05, 0) is 32.8 Å². The number of hydrogen-bond donors (Lipinski definition) is 2. The van der Waals surface area contributed by atoms with E-state index >= 15 is 0 Å². The summed E-state index contributed by atoms with van der Waals surface area (Å²) in [5.41, 5.74) is 4.14. The Morgan fingerprint density at radius 1 is 1.27 bits per heavy atom. The zero-order chi connectivity index (χ0) is 17.9. The fraction of sp³-hybridized carbons (Fsp3) is 0.474. The quantitative estimate of drug-likeness (QED) is 0.239. The van der Waals surface area contributed by atoms with Crippen LogP contribution in [0.3, 0.4) is 0 Å². The lowest BCUT2D eigenvalue weighted by Crippen LogP contribution is -2.38. The maximum atomic E-state index is 5.90. The Morgan fingerprint density at radius 2 is 2.04 bits per heavy atom. The maximum absolute atomic E-state index is 5.90. The number of aromatic nitrogens is 1. The highest BCUT2D eigenvalue weighted by molar-refractivity contribution is 14.0. The van der Waals surface area contributed by atoms with Gasteiger partial charge in [0, 0.05) is 24.6 Å². The van der Waals surface area contributed by atoms with Crippen molar-refractivity contribution in [1.82, 2.24) is 15.6 Å². The molecule has 7 heteroatoms. The van der Waals surface area contributed by atoms with Crippen molar-refractivity contribution >= 4 is 41.3 Å². The van der Waals surface area contributed by atoms with Gasteiger partial charge < -0.3 is 15.4 Å². The first kappa shape index (κ1) is 22.9. The van der Waals surface area contributed by atoms with Crippen molar-refractivity contribution in [1.29, 1.82) is 0 Å². The molecule has 0 radical (unpaired) electrons. The molecular formula is C19H29IN4OS. The molecule has 1 heterocycles.